The molecule has 0 saturated carbocycles. The number of anilines is 1. The maximum absolute atomic E-state index is 12.0. The molecule has 0 radical (unpaired) electrons. The van der Waals surface area contributed by atoms with Gasteiger partial charge in [-0.05, 0) is 42.0 Å². The average molecular weight is 391 g/mol. The number of amides is 1. The molecule has 4 nitrogen and oxygen atoms in total. The summed E-state index contributed by atoms with van der Waals surface area (Å²) < 4.78 is 5.38. The van der Waals surface area contributed by atoms with Crippen molar-refractivity contribution in [3.05, 3.63) is 59.1 Å². The van der Waals surface area contributed by atoms with Crippen LogP contribution in [0.5, 0.6) is 0 Å². The van der Waals surface area contributed by atoms with Gasteiger partial charge < -0.3 is 15.0 Å². The average Bonchev–Trinajstić information content (AvgIpc) is 2.69. The van der Waals surface area contributed by atoms with E-state index in [2.05, 4.69) is 34.5 Å². The van der Waals surface area contributed by atoms with Crippen LogP contribution in [0.1, 0.15) is 12.0 Å². The number of nitrogens with one attached hydrogen (secondary N) is 1. The second-order valence-electron chi connectivity index (χ2n) is 6.09. The zero-order valence-corrected chi connectivity index (χ0v) is 16.2. The van der Waals surface area contributed by atoms with E-state index in [0.29, 0.717) is 13.0 Å². The fourth-order valence-corrected chi connectivity index (χ4v) is 3.71. The van der Waals surface area contributed by atoms with Gasteiger partial charge in [0, 0.05) is 47.4 Å². The number of thioether (sulfide) groups is 1. The summed E-state index contributed by atoms with van der Waals surface area (Å²) in [7, 11) is 0. The molecule has 1 amide bonds. The maximum atomic E-state index is 12.0. The molecule has 3 rings (SSSR count). The second kappa shape index (κ2) is 9.86. The predicted octanol–water partition coefficient (Wildman–Crippen LogP) is 3.98. The van der Waals surface area contributed by atoms with E-state index < -0.39 is 0 Å². The summed E-state index contributed by atoms with van der Waals surface area (Å²) in [5, 5.41) is 3.71. The Labute approximate surface area is 163 Å². The Hall–Kier alpha value is -1.69. The number of benzene rings is 2. The monoisotopic (exact) mass is 390 g/mol. The van der Waals surface area contributed by atoms with Gasteiger partial charge in [-0.1, -0.05) is 23.7 Å². The van der Waals surface area contributed by atoms with Crippen LogP contribution in [0, 0.1) is 0 Å². The van der Waals surface area contributed by atoms with Crippen LogP contribution in [-0.4, -0.2) is 38.0 Å². The molecule has 1 aliphatic rings. The lowest BCUT2D eigenvalue weighted by molar-refractivity contribution is -0.120. The van der Waals surface area contributed by atoms with Crippen molar-refractivity contribution in [3.63, 3.8) is 0 Å². The van der Waals surface area contributed by atoms with Gasteiger partial charge in [-0.2, -0.15) is 0 Å². The number of rotatable bonds is 7. The second-order valence-corrected chi connectivity index (χ2v) is 7.70. The first-order valence-corrected chi connectivity index (χ1v) is 10.1. The van der Waals surface area contributed by atoms with E-state index >= 15 is 0 Å². The molecule has 1 heterocycles. The lowest BCUT2D eigenvalue weighted by Crippen LogP contribution is -2.36. The summed E-state index contributed by atoms with van der Waals surface area (Å²) >= 11 is 7.53. The number of hydrogen-bond donors (Lipinski definition) is 1. The van der Waals surface area contributed by atoms with Crippen LogP contribution in [0.25, 0.3) is 0 Å². The van der Waals surface area contributed by atoms with Crippen LogP contribution in [0.15, 0.2) is 53.4 Å². The van der Waals surface area contributed by atoms with Crippen LogP contribution in [-0.2, 0) is 16.1 Å². The van der Waals surface area contributed by atoms with Crippen molar-refractivity contribution in [2.45, 2.75) is 17.9 Å². The van der Waals surface area contributed by atoms with E-state index in [1.807, 2.05) is 24.3 Å². The first-order chi connectivity index (χ1) is 12.7. The van der Waals surface area contributed by atoms with Crippen molar-refractivity contribution in [2.75, 3.05) is 37.0 Å². The Morgan fingerprint density at radius 2 is 1.77 bits per heavy atom. The minimum absolute atomic E-state index is 0.0729. The first-order valence-electron chi connectivity index (χ1n) is 8.77. The minimum atomic E-state index is 0.0729. The first kappa shape index (κ1) is 19.1. The third-order valence-electron chi connectivity index (χ3n) is 4.21. The lowest BCUT2D eigenvalue weighted by atomic mass is 10.2. The molecular weight excluding hydrogens is 368 g/mol. The maximum Gasteiger partial charge on any atom is 0.221 e. The Bertz CT molecular complexity index is 701. The van der Waals surface area contributed by atoms with Crippen LogP contribution in [0.4, 0.5) is 5.69 Å². The van der Waals surface area contributed by atoms with Gasteiger partial charge in [-0.25, -0.2) is 0 Å². The summed E-state index contributed by atoms with van der Waals surface area (Å²) in [5.41, 5.74) is 2.32. The Kier molecular flexibility index (Phi) is 7.23. The van der Waals surface area contributed by atoms with Crippen molar-refractivity contribution in [3.8, 4) is 0 Å². The molecular formula is C20H23ClN2O2S. The third kappa shape index (κ3) is 5.94. The summed E-state index contributed by atoms with van der Waals surface area (Å²) in [6.45, 7) is 3.99. The Morgan fingerprint density at radius 1 is 1.08 bits per heavy atom. The molecule has 2 aromatic carbocycles. The number of ether oxygens (including phenoxy) is 1. The molecule has 1 saturated heterocycles. The Morgan fingerprint density at radius 3 is 2.46 bits per heavy atom. The van der Waals surface area contributed by atoms with Crippen molar-refractivity contribution >= 4 is 35.0 Å². The molecule has 0 atom stereocenters. The van der Waals surface area contributed by atoms with Gasteiger partial charge in [0.05, 0.1) is 13.2 Å². The van der Waals surface area contributed by atoms with E-state index in [-0.39, 0.29) is 5.91 Å². The highest BCUT2D eigenvalue weighted by Crippen LogP contribution is 2.21. The number of carbonyl (C=O) groups excluding carboxylic acids is 1. The van der Waals surface area contributed by atoms with Gasteiger partial charge in [0.1, 0.15) is 0 Å². The highest BCUT2D eigenvalue weighted by molar-refractivity contribution is 7.99. The summed E-state index contributed by atoms with van der Waals surface area (Å²) in [6, 6.07) is 16.1. The fourth-order valence-electron chi connectivity index (χ4n) is 2.73. The minimum Gasteiger partial charge on any atom is -0.378 e. The number of morpholine rings is 1. The van der Waals surface area contributed by atoms with Crippen molar-refractivity contribution < 1.29 is 9.53 Å². The van der Waals surface area contributed by atoms with E-state index in [1.165, 1.54) is 5.69 Å². The van der Waals surface area contributed by atoms with Crippen LogP contribution in [0.3, 0.4) is 0 Å². The van der Waals surface area contributed by atoms with Gasteiger partial charge in [0.25, 0.3) is 0 Å². The quantitative estimate of drug-likeness (QED) is 0.726. The summed E-state index contributed by atoms with van der Waals surface area (Å²) in [4.78, 5) is 15.5. The van der Waals surface area contributed by atoms with Gasteiger partial charge in [0.15, 0.2) is 0 Å². The number of hydrogen-bond acceptors (Lipinski definition) is 4. The highest BCUT2D eigenvalue weighted by atomic mass is 35.5. The van der Waals surface area contributed by atoms with Gasteiger partial charge in [-0.15, -0.1) is 11.8 Å². The van der Waals surface area contributed by atoms with Crippen molar-refractivity contribution in [1.29, 1.82) is 0 Å². The summed E-state index contributed by atoms with van der Waals surface area (Å²) in [5.74, 6) is 0.826. The fraction of sp³-hybridized carbons (Fsp3) is 0.350. The molecule has 0 aliphatic carbocycles. The molecule has 1 fully saturated rings. The largest absolute Gasteiger partial charge is 0.378 e. The van der Waals surface area contributed by atoms with Crippen LogP contribution >= 0.6 is 23.4 Å². The smallest absolute Gasteiger partial charge is 0.221 e. The standard InChI is InChI=1S/C20H23ClN2O2S/c21-17-3-7-19(8-4-17)26-14-9-20(24)22-15-16-1-5-18(6-2-16)23-10-12-25-13-11-23/h1-8H,9-15H2,(H,22,24). The molecule has 138 valence electrons. The topological polar surface area (TPSA) is 41.6 Å². The predicted molar refractivity (Wildman–Crippen MR) is 108 cm³/mol. The summed E-state index contributed by atoms with van der Waals surface area (Å²) in [6.07, 6.45) is 0.499. The van der Waals surface area contributed by atoms with Crippen molar-refractivity contribution in [1.82, 2.24) is 5.32 Å². The molecule has 0 aromatic heterocycles. The SMILES string of the molecule is O=C(CCSc1ccc(Cl)cc1)NCc1ccc(N2CCOCC2)cc1. The zero-order valence-electron chi connectivity index (χ0n) is 14.6. The molecule has 1 N–H and O–H groups in total. The van der Waals surface area contributed by atoms with E-state index in [0.717, 1.165) is 47.5 Å². The molecule has 0 bridgehead atoms. The molecule has 2 aromatic rings. The van der Waals surface area contributed by atoms with E-state index in [1.54, 1.807) is 11.8 Å². The third-order valence-corrected chi connectivity index (χ3v) is 5.48. The van der Waals surface area contributed by atoms with Crippen LogP contribution < -0.4 is 10.2 Å². The number of carbonyl (C=O) groups is 1. The number of halogens is 1. The van der Waals surface area contributed by atoms with Crippen LogP contribution in [0.2, 0.25) is 5.02 Å². The van der Waals surface area contributed by atoms with Gasteiger partial charge in [-0.3, -0.25) is 4.79 Å². The molecule has 6 heteroatoms. The lowest BCUT2D eigenvalue weighted by Gasteiger charge is -2.28. The number of nitrogens with zero attached hydrogens (tertiary/aromatic N) is 1. The molecule has 0 unspecified atom stereocenters. The Balaban J connectivity index is 1.37. The normalized spacial score (nSPS) is 14.3. The molecule has 0 spiro atoms. The zero-order chi connectivity index (χ0) is 18.2. The van der Waals surface area contributed by atoms with E-state index in [9.17, 15) is 4.79 Å². The van der Waals surface area contributed by atoms with E-state index in [4.69, 9.17) is 16.3 Å². The van der Waals surface area contributed by atoms with Crippen molar-refractivity contribution in [2.24, 2.45) is 0 Å². The molecule has 1 aliphatic heterocycles. The molecule has 26 heavy (non-hydrogen) atoms. The highest BCUT2D eigenvalue weighted by Gasteiger charge is 2.10. The van der Waals surface area contributed by atoms with Gasteiger partial charge >= 0.3 is 0 Å². The van der Waals surface area contributed by atoms with Gasteiger partial charge in [0.2, 0.25) is 5.91 Å².